The second kappa shape index (κ2) is 4.56. The van der Waals surface area contributed by atoms with Gasteiger partial charge in [-0.1, -0.05) is 18.2 Å². The lowest BCUT2D eigenvalue weighted by Crippen LogP contribution is -1.97. The highest BCUT2D eigenvalue weighted by Gasteiger charge is 2.03. The largest absolute Gasteiger partial charge is 0.378 e. The van der Waals surface area contributed by atoms with E-state index in [1.807, 2.05) is 23.1 Å². The molecular formula is C14H16N4. The van der Waals surface area contributed by atoms with E-state index in [2.05, 4.69) is 46.7 Å². The SMILES string of the molecule is CCn1cc(NCc2c[nH]c3ccccc23)cn1. The van der Waals surface area contributed by atoms with Gasteiger partial charge in [0.2, 0.25) is 0 Å². The van der Waals surface area contributed by atoms with Crippen molar-refractivity contribution in [3.8, 4) is 0 Å². The van der Waals surface area contributed by atoms with Gasteiger partial charge in [-0.25, -0.2) is 0 Å². The van der Waals surface area contributed by atoms with Crippen LogP contribution < -0.4 is 5.32 Å². The zero-order chi connectivity index (χ0) is 12.4. The summed E-state index contributed by atoms with van der Waals surface area (Å²) in [5.74, 6) is 0. The first-order chi connectivity index (χ1) is 8.86. The van der Waals surface area contributed by atoms with Crippen molar-refractivity contribution in [2.45, 2.75) is 20.0 Å². The number of hydrogen-bond donors (Lipinski definition) is 2. The second-order valence-corrected chi connectivity index (χ2v) is 4.30. The van der Waals surface area contributed by atoms with Gasteiger partial charge >= 0.3 is 0 Å². The van der Waals surface area contributed by atoms with Gasteiger partial charge in [-0.2, -0.15) is 5.10 Å². The topological polar surface area (TPSA) is 45.6 Å². The van der Waals surface area contributed by atoms with Gasteiger partial charge in [-0.15, -0.1) is 0 Å². The summed E-state index contributed by atoms with van der Waals surface area (Å²) in [5, 5.41) is 8.91. The molecule has 0 radical (unpaired) electrons. The van der Waals surface area contributed by atoms with Crippen LogP contribution in [0.5, 0.6) is 0 Å². The van der Waals surface area contributed by atoms with Gasteiger partial charge in [-0.3, -0.25) is 4.68 Å². The van der Waals surface area contributed by atoms with Crippen molar-refractivity contribution in [2.24, 2.45) is 0 Å². The molecule has 0 spiro atoms. The molecule has 2 N–H and O–H groups in total. The molecule has 0 atom stereocenters. The van der Waals surface area contributed by atoms with E-state index < -0.39 is 0 Å². The molecule has 0 unspecified atom stereocenters. The molecule has 92 valence electrons. The Hall–Kier alpha value is -2.23. The predicted molar refractivity (Wildman–Crippen MR) is 73.5 cm³/mol. The van der Waals surface area contributed by atoms with Gasteiger partial charge < -0.3 is 10.3 Å². The van der Waals surface area contributed by atoms with E-state index in [0.29, 0.717) is 0 Å². The van der Waals surface area contributed by atoms with Crippen molar-refractivity contribution in [3.63, 3.8) is 0 Å². The third-order valence-corrected chi connectivity index (χ3v) is 3.12. The average molecular weight is 240 g/mol. The molecule has 0 aliphatic carbocycles. The van der Waals surface area contributed by atoms with Crippen LogP contribution in [0.1, 0.15) is 12.5 Å². The Morgan fingerprint density at radius 1 is 1.33 bits per heavy atom. The number of fused-ring (bicyclic) bond motifs is 1. The Balaban J connectivity index is 1.76. The van der Waals surface area contributed by atoms with E-state index in [1.54, 1.807) is 0 Å². The molecule has 0 aliphatic heterocycles. The van der Waals surface area contributed by atoms with Crippen molar-refractivity contribution in [1.82, 2.24) is 14.8 Å². The molecule has 0 aliphatic rings. The maximum atomic E-state index is 4.24. The van der Waals surface area contributed by atoms with Crippen LogP contribution in [0.3, 0.4) is 0 Å². The Labute approximate surface area is 106 Å². The number of rotatable bonds is 4. The molecule has 2 aromatic heterocycles. The van der Waals surface area contributed by atoms with E-state index in [0.717, 1.165) is 18.8 Å². The molecule has 0 saturated carbocycles. The molecule has 4 heteroatoms. The molecule has 0 fully saturated rings. The minimum absolute atomic E-state index is 0.805. The number of aryl methyl sites for hydroxylation is 1. The predicted octanol–water partition coefficient (Wildman–Crippen LogP) is 3.00. The van der Waals surface area contributed by atoms with E-state index in [-0.39, 0.29) is 0 Å². The summed E-state index contributed by atoms with van der Waals surface area (Å²) in [6.45, 7) is 3.78. The van der Waals surface area contributed by atoms with Gasteiger partial charge in [-0.05, 0) is 18.6 Å². The number of nitrogens with zero attached hydrogens (tertiary/aromatic N) is 2. The van der Waals surface area contributed by atoms with Crippen LogP contribution in [0.15, 0.2) is 42.9 Å². The molecule has 0 amide bonds. The fourth-order valence-electron chi connectivity index (χ4n) is 2.10. The minimum atomic E-state index is 0.805. The third kappa shape index (κ3) is 1.97. The van der Waals surface area contributed by atoms with Crippen LogP contribution >= 0.6 is 0 Å². The Bertz CT molecular complexity index is 650. The van der Waals surface area contributed by atoms with Crippen LogP contribution in [0.4, 0.5) is 5.69 Å². The molecule has 2 heterocycles. The van der Waals surface area contributed by atoms with Crippen LogP contribution in [0.25, 0.3) is 10.9 Å². The summed E-state index contributed by atoms with van der Waals surface area (Å²) in [5.41, 5.74) is 3.51. The molecule has 3 rings (SSSR count). The summed E-state index contributed by atoms with van der Waals surface area (Å²) in [6.07, 6.45) is 5.94. The van der Waals surface area contributed by atoms with Gasteiger partial charge in [0.05, 0.1) is 11.9 Å². The van der Waals surface area contributed by atoms with Crippen molar-refractivity contribution < 1.29 is 0 Å². The summed E-state index contributed by atoms with van der Waals surface area (Å²) < 4.78 is 1.91. The van der Waals surface area contributed by atoms with Crippen molar-refractivity contribution in [3.05, 3.63) is 48.4 Å². The first-order valence-corrected chi connectivity index (χ1v) is 6.18. The van der Waals surface area contributed by atoms with Crippen molar-refractivity contribution >= 4 is 16.6 Å². The fourth-order valence-corrected chi connectivity index (χ4v) is 2.10. The fraction of sp³-hybridized carbons (Fsp3) is 0.214. The van der Waals surface area contributed by atoms with Crippen molar-refractivity contribution in [1.29, 1.82) is 0 Å². The summed E-state index contributed by atoms with van der Waals surface area (Å²) >= 11 is 0. The van der Waals surface area contributed by atoms with E-state index in [1.165, 1.54) is 16.5 Å². The second-order valence-electron chi connectivity index (χ2n) is 4.30. The van der Waals surface area contributed by atoms with Crippen LogP contribution in [0.2, 0.25) is 0 Å². The number of aromatic amines is 1. The Kier molecular flexibility index (Phi) is 2.76. The zero-order valence-corrected chi connectivity index (χ0v) is 10.4. The van der Waals surface area contributed by atoms with Gasteiger partial charge in [0.15, 0.2) is 0 Å². The smallest absolute Gasteiger partial charge is 0.0729 e. The normalized spacial score (nSPS) is 10.9. The van der Waals surface area contributed by atoms with Crippen LogP contribution in [-0.4, -0.2) is 14.8 Å². The Morgan fingerprint density at radius 3 is 3.06 bits per heavy atom. The number of hydrogen-bond acceptors (Lipinski definition) is 2. The van der Waals surface area contributed by atoms with Crippen LogP contribution in [0, 0.1) is 0 Å². The van der Waals surface area contributed by atoms with E-state index in [9.17, 15) is 0 Å². The van der Waals surface area contributed by atoms with E-state index in [4.69, 9.17) is 0 Å². The highest BCUT2D eigenvalue weighted by Crippen LogP contribution is 2.18. The standard InChI is InChI=1S/C14H16N4/c1-2-18-10-12(9-17-18)15-7-11-8-16-14-6-4-3-5-13(11)14/h3-6,8-10,15-16H,2,7H2,1H3. The lowest BCUT2D eigenvalue weighted by atomic mass is 10.2. The summed E-state index contributed by atoms with van der Waals surface area (Å²) in [7, 11) is 0. The quantitative estimate of drug-likeness (QED) is 0.736. The summed E-state index contributed by atoms with van der Waals surface area (Å²) in [6, 6.07) is 8.34. The van der Waals surface area contributed by atoms with Gasteiger partial charge in [0, 0.05) is 36.4 Å². The zero-order valence-electron chi connectivity index (χ0n) is 10.4. The monoisotopic (exact) mass is 240 g/mol. The maximum absolute atomic E-state index is 4.24. The number of benzene rings is 1. The lowest BCUT2D eigenvalue weighted by molar-refractivity contribution is 0.660. The first kappa shape index (κ1) is 10.9. The lowest BCUT2D eigenvalue weighted by Gasteiger charge is -2.02. The highest BCUT2D eigenvalue weighted by molar-refractivity contribution is 5.83. The number of nitrogens with one attached hydrogen (secondary N) is 2. The number of H-pyrrole nitrogens is 1. The number of anilines is 1. The molecule has 4 nitrogen and oxygen atoms in total. The number of aromatic nitrogens is 3. The molecular weight excluding hydrogens is 224 g/mol. The molecule has 0 saturated heterocycles. The number of para-hydroxylation sites is 1. The molecule has 18 heavy (non-hydrogen) atoms. The Morgan fingerprint density at radius 2 is 2.22 bits per heavy atom. The summed E-state index contributed by atoms with van der Waals surface area (Å²) in [4.78, 5) is 3.28. The minimum Gasteiger partial charge on any atom is -0.378 e. The first-order valence-electron chi connectivity index (χ1n) is 6.18. The van der Waals surface area contributed by atoms with Crippen LogP contribution in [-0.2, 0) is 13.1 Å². The van der Waals surface area contributed by atoms with Gasteiger partial charge in [0.1, 0.15) is 0 Å². The highest BCUT2D eigenvalue weighted by atomic mass is 15.3. The molecule has 3 aromatic rings. The average Bonchev–Trinajstić information content (AvgIpc) is 3.03. The maximum Gasteiger partial charge on any atom is 0.0729 e. The molecule has 1 aromatic carbocycles. The van der Waals surface area contributed by atoms with Crippen molar-refractivity contribution in [2.75, 3.05) is 5.32 Å². The van der Waals surface area contributed by atoms with Gasteiger partial charge in [0.25, 0.3) is 0 Å². The third-order valence-electron chi connectivity index (χ3n) is 3.12. The molecule has 0 bridgehead atoms. The van der Waals surface area contributed by atoms with E-state index >= 15 is 0 Å².